The van der Waals surface area contributed by atoms with Crippen LogP contribution >= 0.6 is 0 Å². The maximum Gasteiger partial charge on any atom is 0.237 e. The summed E-state index contributed by atoms with van der Waals surface area (Å²) in [5.41, 5.74) is 1.03. The van der Waals surface area contributed by atoms with Crippen LogP contribution in [-0.4, -0.2) is 12.5 Å². The van der Waals surface area contributed by atoms with Gasteiger partial charge < -0.3 is 5.32 Å². The molecule has 1 amide bonds. The van der Waals surface area contributed by atoms with Gasteiger partial charge in [0.1, 0.15) is 5.92 Å². The van der Waals surface area contributed by atoms with E-state index in [9.17, 15) is 10.1 Å². The van der Waals surface area contributed by atoms with E-state index >= 15 is 0 Å². The Morgan fingerprint density at radius 1 is 1.33 bits per heavy atom. The van der Waals surface area contributed by atoms with E-state index < -0.39 is 5.92 Å². The van der Waals surface area contributed by atoms with E-state index in [1.807, 2.05) is 30.3 Å². The predicted molar refractivity (Wildman–Crippen MR) is 83.4 cm³/mol. The zero-order chi connectivity index (χ0) is 15.1. The van der Waals surface area contributed by atoms with E-state index in [4.69, 9.17) is 0 Å². The standard InChI is InChI=1S/C18H24N2O/c1-14-7-5-6-10-16(14)13-20-18(21)17(12-19)11-15-8-3-2-4-9-15/h2-4,8-9,14,16-17H,5-7,10-11,13H2,1H3,(H,20,21). The third-order valence-corrected chi connectivity index (χ3v) is 4.58. The van der Waals surface area contributed by atoms with E-state index in [-0.39, 0.29) is 5.91 Å². The van der Waals surface area contributed by atoms with Crippen LogP contribution in [0.4, 0.5) is 0 Å². The minimum absolute atomic E-state index is 0.126. The zero-order valence-electron chi connectivity index (χ0n) is 12.7. The van der Waals surface area contributed by atoms with Crippen molar-refractivity contribution in [2.24, 2.45) is 17.8 Å². The fourth-order valence-electron chi connectivity index (χ4n) is 3.10. The second-order valence-corrected chi connectivity index (χ2v) is 6.14. The van der Waals surface area contributed by atoms with Crippen molar-refractivity contribution in [1.82, 2.24) is 5.32 Å². The lowest BCUT2D eigenvalue weighted by Crippen LogP contribution is -2.37. The number of benzene rings is 1. The van der Waals surface area contributed by atoms with Gasteiger partial charge in [-0.2, -0.15) is 5.26 Å². The molecule has 1 aliphatic carbocycles. The molecule has 1 fully saturated rings. The lowest BCUT2D eigenvalue weighted by atomic mass is 9.80. The lowest BCUT2D eigenvalue weighted by molar-refractivity contribution is -0.123. The van der Waals surface area contributed by atoms with Crippen LogP contribution < -0.4 is 5.32 Å². The summed E-state index contributed by atoms with van der Waals surface area (Å²) in [5.74, 6) is 0.526. The van der Waals surface area contributed by atoms with E-state index in [2.05, 4.69) is 18.3 Å². The number of nitriles is 1. The third-order valence-electron chi connectivity index (χ3n) is 4.58. The molecule has 1 aromatic rings. The Labute approximate surface area is 127 Å². The molecular weight excluding hydrogens is 260 g/mol. The largest absolute Gasteiger partial charge is 0.355 e. The molecular formula is C18H24N2O. The zero-order valence-corrected chi connectivity index (χ0v) is 12.7. The molecule has 0 heterocycles. The van der Waals surface area contributed by atoms with Crippen molar-refractivity contribution < 1.29 is 4.79 Å². The molecule has 1 aliphatic rings. The monoisotopic (exact) mass is 284 g/mol. The van der Waals surface area contributed by atoms with E-state index in [0.29, 0.717) is 24.8 Å². The molecule has 3 heteroatoms. The van der Waals surface area contributed by atoms with Gasteiger partial charge >= 0.3 is 0 Å². The highest BCUT2D eigenvalue weighted by atomic mass is 16.1. The molecule has 0 spiro atoms. The van der Waals surface area contributed by atoms with Crippen molar-refractivity contribution in [1.29, 1.82) is 5.26 Å². The molecule has 3 nitrogen and oxygen atoms in total. The molecule has 0 bridgehead atoms. The molecule has 3 unspecified atom stereocenters. The van der Waals surface area contributed by atoms with Crippen molar-refractivity contribution in [2.75, 3.05) is 6.54 Å². The molecule has 0 aromatic heterocycles. The Morgan fingerprint density at radius 2 is 2.05 bits per heavy atom. The molecule has 0 aliphatic heterocycles. The van der Waals surface area contributed by atoms with Gasteiger partial charge in [0.15, 0.2) is 0 Å². The van der Waals surface area contributed by atoms with Gasteiger partial charge in [0.25, 0.3) is 0 Å². The molecule has 1 saturated carbocycles. The fourth-order valence-corrected chi connectivity index (χ4v) is 3.10. The highest BCUT2D eigenvalue weighted by Gasteiger charge is 2.24. The summed E-state index contributed by atoms with van der Waals surface area (Å²) in [4.78, 5) is 12.2. The lowest BCUT2D eigenvalue weighted by Gasteiger charge is -2.29. The highest BCUT2D eigenvalue weighted by molar-refractivity contribution is 5.81. The van der Waals surface area contributed by atoms with Crippen LogP contribution in [0.25, 0.3) is 0 Å². The van der Waals surface area contributed by atoms with Crippen LogP contribution in [0.5, 0.6) is 0 Å². The number of rotatable bonds is 5. The number of amides is 1. The number of nitrogens with zero attached hydrogens (tertiary/aromatic N) is 1. The SMILES string of the molecule is CC1CCCCC1CNC(=O)C(C#N)Cc1ccccc1. The average molecular weight is 284 g/mol. The Hall–Kier alpha value is -1.82. The van der Waals surface area contributed by atoms with Gasteiger partial charge in [0.2, 0.25) is 5.91 Å². The van der Waals surface area contributed by atoms with Gasteiger partial charge in [-0.1, -0.05) is 56.5 Å². The van der Waals surface area contributed by atoms with E-state index in [0.717, 1.165) is 5.56 Å². The molecule has 112 valence electrons. The molecule has 0 saturated heterocycles. The Morgan fingerprint density at radius 3 is 2.71 bits per heavy atom. The first-order valence-electron chi connectivity index (χ1n) is 7.92. The molecule has 2 rings (SSSR count). The minimum atomic E-state index is -0.591. The molecule has 21 heavy (non-hydrogen) atoms. The van der Waals surface area contributed by atoms with Crippen LogP contribution in [0, 0.1) is 29.1 Å². The number of hydrogen-bond acceptors (Lipinski definition) is 2. The normalized spacial score (nSPS) is 23.0. The maximum atomic E-state index is 12.2. The minimum Gasteiger partial charge on any atom is -0.355 e. The molecule has 3 atom stereocenters. The summed E-state index contributed by atoms with van der Waals surface area (Å²) in [6.45, 7) is 2.98. The van der Waals surface area contributed by atoms with Crippen LogP contribution in [0.15, 0.2) is 30.3 Å². The Balaban J connectivity index is 1.84. The van der Waals surface area contributed by atoms with Crippen molar-refractivity contribution in [3.63, 3.8) is 0 Å². The summed E-state index contributed by atoms with van der Waals surface area (Å²) in [7, 11) is 0. The van der Waals surface area contributed by atoms with Crippen molar-refractivity contribution >= 4 is 5.91 Å². The summed E-state index contributed by atoms with van der Waals surface area (Å²) < 4.78 is 0. The topological polar surface area (TPSA) is 52.9 Å². The van der Waals surface area contributed by atoms with Crippen molar-refractivity contribution in [3.8, 4) is 6.07 Å². The van der Waals surface area contributed by atoms with Crippen LogP contribution in [0.3, 0.4) is 0 Å². The number of carbonyl (C=O) groups excluding carboxylic acids is 1. The summed E-state index contributed by atoms with van der Waals surface area (Å²) in [5, 5.41) is 12.2. The van der Waals surface area contributed by atoms with Gasteiger partial charge in [-0.25, -0.2) is 0 Å². The van der Waals surface area contributed by atoms with Gasteiger partial charge in [-0.3, -0.25) is 4.79 Å². The number of hydrogen-bond donors (Lipinski definition) is 1. The summed E-state index contributed by atoms with van der Waals surface area (Å²) in [6.07, 6.45) is 5.50. The van der Waals surface area contributed by atoms with Gasteiger partial charge in [0, 0.05) is 6.54 Å². The average Bonchev–Trinajstić information content (AvgIpc) is 2.52. The first-order chi connectivity index (χ1) is 10.2. The maximum absolute atomic E-state index is 12.2. The smallest absolute Gasteiger partial charge is 0.237 e. The first kappa shape index (κ1) is 15.6. The quantitative estimate of drug-likeness (QED) is 0.902. The van der Waals surface area contributed by atoms with Gasteiger partial charge in [-0.15, -0.1) is 0 Å². The van der Waals surface area contributed by atoms with Crippen LogP contribution in [0.2, 0.25) is 0 Å². The Kier molecular flexibility index (Phi) is 5.80. The number of carbonyl (C=O) groups is 1. The van der Waals surface area contributed by atoms with E-state index in [1.165, 1.54) is 25.7 Å². The van der Waals surface area contributed by atoms with Gasteiger partial charge in [-0.05, 0) is 30.2 Å². The van der Waals surface area contributed by atoms with Crippen molar-refractivity contribution in [3.05, 3.63) is 35.9 Å². The predicted octanol–water partition coefficient (Wildman–Crippen LogP) is 3.31. The first-order valence-corrected chi connectivity index (χ1v) is 7.92. The summed E-state index contributed by atoms with van der Waals surface area (Å²) >= 11 is 0. The molecule has 1 aromatic carbocycles. The molecule has 0 radical (unpaired) electrons. The number of nitrogens with one attached hydrogen (secondary N) is 1. The Bertz CT molecular complexity index is 492. The second-order valence-electron chi connectivity index (χ2n) is 6.14. The van der Waals surface area contributed by atoms with E-state index in [1.54, 1.807) is 0 Å². The summed E-state index contributed by atoms with van der Waals surface area (Å²) in [6, 6.07) is 11.9. The third kappa shape index (κ3) is 4.60. The van der Waals surface area contributed by atoms with Gasteiger partial charge in [0.05, 0.1) is 6.07 Å². The molecule has 1 N–H and O–H groups in total. The van der Waals surface area contributed by atoms with Crippen LogP contribution in [-0.2, 0) is 11.2 Å². The fraction of sp³-hybridized carbons (Fsp3) is 0.556. The second kappa shape index (κ2) is 7.83. The van der Waals surface area contributed by atoms with Crippen molar-refractivity contribution in [2.45, 2.75) is 39.0 Å². The van der Waals surface area contributed by atoms with Crippen LogP contribution in [0.1, 0.15) is 38.2 Å². The highest BCUT2D eigenvalue weighted by Crippen LogP contribution is 2.28.